The second-order valence-electron chi connectivity index (χ2n) is 13.8. The lowest BCUT2D eigenvalue weighted by atomic mass is 10.0. The Morgan fingerprint density at radius 1 is 0.396 bits per heavy atom. The monoisotopic (exact) mass is 676 g/mol. The molecule has 0 amide bonds. The van der Waals surface area contributed by atoms with Gasteiger partial charge >= 0.3 is 0 Å². The van der Waals surface area contributed by atoms with Crippen molar-refractivity contribution in [3.8, 4) is 16.8 Å². The van der Waals surface area contributed by atoms with Gasteiger partial charge in [-0.1, -0.05) is 140 Å². The third kappa shape index (κ3) is 4.68. The van der Waals surface area contributed by atoms with E-state index < -0.39 is 0 Å². The van der Waals surface area contributed by atoms with Crippen molar-refractivity contribution in [2.24, 2.45) is 0 Å². The van der Waals surface area contributed by atoms with Crippen LogP contribution in [0, 0.1) is 0 Å². The molecular weight excluding hydrogens is 645 g/mol. The zero-order valence-electron chi connectivity index (χ0n) is 28.8. The van der Waals surface area contributed by atoms with Gasteiger partial charge in [-0.2, -0.15) is 0 Å². The third-order valence-electron chi connectivity index (χ3n) is 10.7. The van der Waals surface area contributed by atoms with Crippen LogP contribution < -0.4 is 4.90 Å². The minimum atomic E-state index is 0.866. The maximum atomic E-state index is 6.85. The molecule has 3 nitrogen and oxygen atoms in total. The van der Waals surface area contributed by atoms with E-state index in [9.17, 15) is 0 Å². The fourth-order valence-electron chi connectivity index (χ4n) is 8.30. The normalized spacial score (nSPS) is 11.8. The van der Waals surface area contributed by atoms with Crippen LogP contribution in [-0.4, -0.2) is 4.57 Å². The van der Waals surface area contributed by atoms with Gasteiger partial charge in [-0.3, -0.25) is 0 Å². The van der Waals surface area contributed by atoms with Gasteiger partial charge in [0.15, 0.2) is 5.58 Å². The standard InChI is InChI=1S/C50H32N2O/c1-2-13-33(14-3-1)36-18-12-19-38(29-36)51(47-31-37-17-6-7-20-41(37)49-44-22-9-11-24-48(44)53-50(47)49)40-27-28-43-42-21-8-10-23-45(42)52(46(43)32-40)39-26-25-34-15-4-5-16-35(34)30-39/h1-32H. The highest BCUT2D eigenvalue weighted by Crippen LogP contribution is 2.47. The molecule has 53 heavy (non-hydrogen) atoms. The maximum Gasteiger partial charge on any atom is 0.160 e. The van der Waals surface area contributed by atoms with Crippen LogP contribution in [0.25, 0.3) is 82.1 Å². The Labute approximate surface area is 306 Å². The molecule has 0 spiro atoms. The molecule has 0 saturated carbocycles. The summed E-state index contributed by atoms with van der Waals surface area (Å²) in [5.74, 6) is 0. The quantitative estimate of drug-likeness (QED) is 0.181. The van der Waals surface area contributed by atoms with Crippen molar-refractivity contribution in [2.75, 3.05) is 4.90 Å². The van der Waals surface area contributed by atoms with E-state index >= 15 is 0 Å². The minimum absolute atomic E-state index is 0.866. The SMILES string of the molecule is c1ccc(-c2cccc(N(c3ccc4c5ccccc5n(-c5ccc6ccccc6c5)c4c3)c3cc4ccccc4c4c3oc3ccccc34)c2)cc1. The van der Waals surface area contributed by atoms with Crippen molar-refractivity contribution in [1.29, 1.82) is 0 Å². The molecule has 0 aliphatic heterocycles. The zero-order chi connectivity index (χ0) is 34.9. The van der Waals surface area contributed by atoms with Gasteiger partial charge < -0.3 is 13.9 Å². The first kappa shape index (κ1) is 29.6. The highest BCUT2D eigenvalue weighted by Gasteiger charge is 2.23. The van der Waals surface area contributed by atoms with Crippen LogP contribution in [0.1, 0.15) is 0 Å². The number of furan rings is 1. The summed E-state index contributed by atoms with van der Waals surface area (Å²) < 4.78 is 9.27. The zero-order valence-corrected chi connectivity index (χ0v) is 28.8. The van der Waals surface area contributed by atoms with Crippen LogP contribution >= 0.6 is 0 Å². The first-order valence-corrected chi connectivity index (χ1v) is 18.1. The Morgan fingerprint density at radius 3 is 1.96 bits per heavy atom. The minimum Gasteiger partial charge on any atom is -0.454 e. The number of hydrogen-bond donors (Lipinski definition) is 0. The Morgan fingerprint density at radius 2 is 1.08 bits per heavy atom. The van der Waals surface area contributed by atoms with E-state index in [4.69, 9.17) is 4.42 Å². The van der Waals surface area contributed by atoms with E-state index in [0.29, 0.717) is 0 Å². The smallest absolute Gasteiger partial charge is 0.160 e. The van der Waals surface area contributed by atoms with Crippen LogP contribution in [-0.2, 0) is 0 Å². The van der Waals surface area contributed by atoms with E-state index in [1.807, 2.05) is 6.07 Å². The van der Waals surface area contributed by atoms with Crippen LogP contribution in [0.4, 0.5) is 17.1 Å². The molecule has 0 aliphatic rings. The fourth-order valence-corrected chi connectivity index (χ4v) is 8.30. The summed E-state index contributed by atoms with van der Waals surface area (Å²) in [7, 11) is 0. The van der Waals surface area contributed by atoms with E-state index in [0.717, 1.165) is 61.2 Å². The lowest BCUT2D eigenvalue weighted by Crippen LogP contribution is -2.11. The second kappa shape index (κ2) is 11.7. The predicted octanol–water partition coefficient (Wildman–Crippen LogP) is 14.1. The number of fused-ring (bicyclic) bond motifs is 9. The Hall–Kier alpha value is -7.10. The summed E-state index contributed by atoms with van der Waals surface area (Å²) >= 11 is 0. The molecule has 3 heteroatoms. The van der Waals surface area contributed by atoms with Gasteiger partial charge in [0, 0.05) is 38.6 Å². The van der Waals surface area contributed by atoms with E-state index in [1.165, 1.54) is 38.0 Å². The number of rotatable bonds is 5. The summed E-state index contributed by atoms with van der Waals surface area (Å²) in [6, 6.07) is 69.8. The van der Waals surface area contributed by atoms with Gasteiger partial charge in [-0.15, -0.1) is 0 Å². The number of anilines is 3. The molecule has 0 bridgehead atoms. The molecule has 2 heterocycles. The van der Waals surface area contributed by atoms with Crippen LogP contribution in [0.3, 0.4) is 0 Å². The van der Waals surface area contributed by atoms with Crippen molar-refractivity contribution in [3.05, 3.63) is 194 Å². The molecule has 0 saturated heterocycles. The van der Waals surface area contributed by atoms with E-state index in [2.05, 4.69) is 198 Å². The molecule has 11 aromatic rings. The number of aromatic nitrogens is 1. The lowest BCUT2D eigenvalue weighted by molar-refractivity contribution is 0.669. The highest BCUT2D eigenvalue weighted by atomic mass is 16.3. The number of benzene rings is 9. The predicted molar refractivity (Wildman–Crippen MR) is 223 cm³/mol. The van der Waals surface area contributed by atoms with E-state index in [-0.39, 0.29) is 0 Å². The summed E-state index contributed by atoms with van der Waals surface area (Å²) in [4.78, 5) is 2.38. The second-order valence-corrected chi connectivity index (χ2v) is 13.8. The van der Waals surface area contributed by atoms with Gasteiger partial charge in [0.05, 0.1) is 16.7 Å². The van der Waals surface area contributed by atoms with Crippen molar-refractivity contribution in [1.82, 2.24) is 4.57 Å². The van der Waals surface area contributed by atoms with Gasteiger partial charge in [-0.25, -0.2) is 0 Å². The molecule has 0 fully saturated rings. The summed E-state index contributed by atoms with van der Waals surface area (Å²) in [6.07, 6.45) is 0. The summed E-state index contributed by atoms with van der Waals surface area (Å²) in [5.41, 5.74) is 10.6. The molecule has 0 aliphatic carbocycles. The van der Waals surface area contributed by atoms with Gasteiger partial charge in [0.1, 0.15) is 5.58 Å². The molecule has 0 N–H and O–H groups in total. The van der Waals surface area contributed by atoms with Crippen molar-refractivity contribution < 1.29 is 4.42 Å². The molecule has 11 rings (SSSR count). The largest absolute Gasteiger partial charge is 0.454 e. The van der Waals surface area contributed by atoms with Crippen molar-refractivity contribution >= 4 is 82.4 Å². The molecule has 0 radical (unpaired) electrons. The lowest BCUT2D eigenvalue weighted by Gasteiger charge is -2.27. The summed E-state index contributed by atoms with van der Waals surface area (Å²) in [6.45, 7) is 0. The van der Waals surface area contributed by atoms with Crippen molar-refractivity contribution in [2.45, 2.75) is 0 Å². The molecule has 0 atom stereocenters. The average molecular weight is 677 g/mol. The van der Waals surface area contributed by atoms with Crippen molar-refractivity contribution in [3.63, 3.8) is 0 Å². The van der Waals surface area contributed by atoms with Crippen LogP contribution in [0.15, 0.2) is 199 Å². The number of hydrogen-bond acceptors (Lipinski definition) is 2. The Bertz CT molecular complexity index is 3190. The molecule has 2 aromatic heterocycles. The van der Waals surface area contributed by atoms with Gasteiger partial charge in [-0.05, 0) is 87.3 Å². The topological polar surface area (TPSA) is 21.3 Å². The Kier molecular flexibility index (Phi) is 6.55. The fraction of sp³-hybridized carbons (Fsp3) is 0. The first-order chi connectivity index (χ1) is 26.3. The van der Waals surface area contributed by atoms with Crippen LogP contribution in [0.2, 0.25) is 0 Å². The first-order valence-electron chi connectivity index (χ1n) is 18.1. The average Bonchev–Trinajstić information content (AvgIpc) is 3.78. The maximum absolute atomic E-state index is 6.85. The molecule has 9 aromatic carbocycles. The van der Waals surface area contributed by atoms with Gasteiger partial charge in [0.25, 0.3) is 0 Å². The third-order valence-corrected chi connectivity index (χ3v) is 10.7. The molecular formula is C50H32N2O. The highest BCUT2D eigenvalue weighted by molar-refractivity contribution is 6.23. The van der Waals surface area contributed by atoms with E-state index in [1.54, 1.807) is 0 Å². The molecule has 248 valence electrons. The number of para-hydroxylation sites is 2. The number of nitrogens with zero attached hydrogens (tertiary/aromatic N) is 2. The summed E-state index contributed by atoms with van der Waals surface area (Å²) in [5, 5.41) is 9.48. The van der Waals surface area contributed by atoms with Gasteiger partial charge in [0.2, 0.25) is 0 Å². The Balaban J connectivity index is 1.23. The van der Waals surface area contributed by atoms with Crippen LogP contribution in [0.5, 0.6) is 0 Å². The molecule has 0 unspecified atom stereocenters.